The number of likely N-dealkylation sites (tertiary alicyclic amines) is 1. The van der Waals surface area contributed by atoms with Crippen molar-refractivity contribution in [1.29, 1.82) is 0 Å². The van der Waals surface area contributed by atoms with E-state index in [1.54, 1.807) is 14.0 Å². The van der Waals surface area contributed by atoms with E-state index in [1.807, 2.05) is 0 Å². The number of methoxy groups -OCH3 is 1. The van der Waals surface area contributed by atoms with Crippen LogP contribution in [0.1, 0.15) is 57.1 Å². The lowest BCUT2D eigenvalue weighted by molar-refractivity contribution is -0.212. The molecule has 5 nitrogen and oxygen atoms in total. The number of piperidine rings is 1. The van der Waals surface area contributed by atoms with Gasteiger partial charge in [-0.15, -0.1) is 0 Å². The number of fused-ring (bicyclic) bond motifs is 1. The molecule has 1 saturated heterocycles. The number of carbonyl (C=O) groups is 1. The smallest absolute Gasteiger partial charge is 0.166 e. The first-order valence-electron chi connectivity index (χ1n) is 12.4. The van der Waals surface area contributed by atoms with E-state index in [0.29, 0.717) is 12.6 Å². The van der Waals surface area contributed by atoms with Crippen LogP contribution in [0.25, 0.3) is 0 Å². The number of carbonyl (C=O) groups excluding carboxylic acids is 1. The number of hydrogen-bond acceptors (Lipinski definition) is 5. The summed E-state index contributed by atoms with van der Waals surface area (Å²) in [5, 5.41) is 0. The van der Waals surface area contributed by atoms with Crippen molar-refractivity contribution in [3.63, 3.8) is 0 Å². The molecule has 2 aliphatic heterocycles. The number of Topliss-reactive ketones (excluding diaryl/α,β-unsaturated/α-hetero) is 1. The summed E-state index contributed by atoms with van der Waals surface area (Å²) in [6, 6.07) is 4.75. The number of nitrogens with zero attached hydrogens (tertiary/aromatic N) is 1. The third kappa shape index (κ3) is 2.20. The molecule has 5 heteroatoms. The van der Waals surface area contributed by atoms with E-state index in [2.05, 4.69) is 43.2 Å². The molecule has 1 aromatic carbocycles. The molecular weight excluding hydrogens is 402 g/mol. The molecule has 32 heavy (non-hydrogen) atoms. The van der Waals surface area contributed by atoms with Crippen LogP contribution in [-0.4, -0.2) is 55.7 Å². The van der Waals surface area contributed by atoms with E-state index in [0.717, 1.165) is 43.7 Å². The molecule has 172 valence electrons. The van der Waals surface area contributed by atoms with Crippen LogP contribution in [0.5, 0.6) is 11.5 Å². The maximum atomic E-state index is 12.9. The Morgan fingerprint density at radius 1 is 1.28 bits per heavy atom. The van der Waals surface area contributed by atoms with Gasteiger partial charge in [0.05, 0.1) is 17.9 Å². The predicted octanol–water partition coefficient (Wildman–Crippen LogP) is 4.06. The first-order valence-corrected chi connectivity index (χ1v) is 12.4. The predicted molar refractivity (Wildman–Crippen MR) is 122 cm³/mol. The number of ketones is 1. The Kier molecular flexibility index (Phi) is 4.43. The highest BCUT2D eigenvalue weighted by Crippen LogP contribution is 2.74. The van der Waals surface area contributed by atoms with Gasteiger partial charge in [0, 0.05) is 24.1 Å². The second-order valence-electron chi connectivity index (χ2n) is 10.7. The fraction of sp³-hybridized carbons (Fsp3) is 0.667. The first kappa shape index (κ1) is 20.7. The Morgan fingerprint density at radius 2 is 2.12 bits per heavy atom. The summed E-state index contributed by atoms with van der Waals surface area (Å²) in [5.74, 6) is 1.80. The molecule has 4 aliphatic carbocycles. The van der Waals surface area contributed by atoms with Crippen LogP contribution in [0.2, 0.25) is 0 Å². The Labute approximate surface area is 191 Å². The molecule has 4 bridgehead atoms. The quantitative estimate of drug-likeness (QED) is 0.476. The van der Waals surface area contributed by atoms with E-state index in [4.69, 9.17) is 14.2 Å². The van der Waals surface area contributed by atoms with Gasteiger partial charge in [-0.1, -0.05) is 38.0 Å². The normalized spacial score (nSPS) is 40.2. The van der Waals surface area contributed by atoms with Crippen LogP contribution in [0.4, 0.5) is 0 Å². The van der Waals surface area contributed by atoms with Crippen LogP contribution in [-0.2, 0) is 21.4 Å². The maximum absolute atomic E-state index is 12.9. The van der Waals surface area contributed by atoms with Crippen molar-refractivity contribution in [2.75, 3.05) is 27.3 Å². The van der Waals surface area contributed by atoms with Crippen molar-refractivity contribution in [3.05, 3.63) is 35.4 Å². The van der Waals surface area contributed by atoms with Crippen LogP contribution < -0.4 is 9.47 Å². The van der Waals surface area contributed by atoms with Gasteiger partial charge < -0.3 is 19.1 Å². The van der Waals surface area contributed by atoms with Gasteiger partial charge in [-0.05, 0) is 57.8 Å². The molecule has 2 fully saturated rings. The fourth-order valence-electron chi connectivity index (χ4n) is 8.15. The number of hydrogen-bond donors (Lipinski definition) is 0. The average molecular weight is 438 g/mol. The summed E-state index contributed by atoms with van der Waals surface area (Å²) in [6.07, 6.45) is 10.6. The Bertz CT molecular complexity index is 1000. The zero-order chi connectivity index (χ0) is 22.3. The van der Waals surface area contributed by atoms with E-state index >= 15 is 0 Å². The summed E-state index contributed by atoms with van der Waals surface area (Å²) in [7, 11) is 4.00. The largest absolute Gasteiger partial charge is 0.490 e. The summed E-state index contributed by atoms with van der Waals surface area (Å²) in [5.41, 5.74) is 1.75. The molecule has 2 spiro atoms. The van der Waals surface area contributed by atoms with E-state index < -0.39 is 5.60 Å². The van der Waals surface area contributed by atoms with Crippen molar-refractivity contribution >= 4 is 5.78 Å². The second-order valence-corrected chi connectivity index (χ2v) is 10.7. The first-order chi connectivity index (χ1) is 15.4. The van der Waals surface area contributed by atoms with Gasteiger partial charge in [0.25, 0.3) is 0 Å². The van der Waals surface area contributed by atoms with Crippen LogP contribution in [0.15, 0.2) is 24.3 Å². The number of rotatable bonds is 7. The third-order valence-corrected chi connectivity index (χ3v) is 9.55. The van der Waals surface area contributed by atoms with Gasteiger partial charge in [0.1, 0.15) is 17.5 Å². The van der Waals surface area contributed by atoms with E-state index in [1.165, 1.54) is 24.0 Å². The number of ether oxygens (including phenoxy) is 3. The number of likely N-dealkylation sites (N-methyl/N-ethyl adjacent to an activating group) is 1. The van der Waals surface area contributed by atoms with Crippen LogP contribution in [0, 0.1) is 11.3 Å². The molecule has 0 unspecified atom stereocenters. The number of benzene rings is 1. The van der Waals surface area contributed by atoms with Crippen molar-refractivity contribution in [2.45, 2.75) is 75.5 Å². The summed E-state index contributed by atoms with van der Waals surface area (Å²) < 4.78 is 19.5. The lowest BCUT2D eigenvalue weighted by atomic mass is 9.37. The highest BCUT2D eigenvalue weighted by Gasteiger charge is 2.79. The second kappa shape index (κ2) is 6.83. The lowest BCUT2D eigenvalue weighted by Crippen LogP contribution is -2.79. The van der Waals surface area contributed by atoms with Crippen molar-refractivity contribution < 1.29 is 19.0 Å². The monoisotopic (exact) mass is 437 g/mol. The Morgan fingerprint density at radius 3 is 2.88 bits per heavy atom. The zero-order valence-electron chi connectivity index (χ0n) is 19.8. The van der Waals surface area contributed by atoms with Gasteiger partial charge in [-0.25, -0.2) is 0 Å². The minimum absolute atomic E-state index is 0.111. The molecule has 6 atom stereocenters. The van der Waals surface area contributed by atoms with Crippen molar-refractivity contribution in [1.82, 2.24) is 4.90 Å². The van der Waals surface area contributed by atoms with Gasteiger partial charge in [0.15, 0.2) is 11.5 Å². The Hall–Kier alpha value is -1.85. The molecule has 7 rings (SSSR count). The summed E-state index contributed by atoms with van der Waals surface area (Å²) >= 11 is 0. The van der Waals surface area contributed by atoms with Crippen molar-refractivity contribution in [3.8, 4) is 11.5 Å². The molecule has 1 saturated carbocycles. The van der Waals surface area contributed by atoms with Crippen molar-refractivity contribution in [2.24, 2.45) is 11.3 Å². The molecule has 2 heterocycles. The van der Waals surface area contributed by atoms with Gasteiger partial charge >= 0.3 is 0 Å². The van der Waals surface area contributed by atoms with Gasteiger partial charge in [0.2, 0.25) is 0 Å². The zero-order valence-corrected chi connectivity index (χ0v) is 19.8. The minimum atomic E-state index is -0.721. The number of unbranched alkanes of at least 4 members (excludes halogenated alkanes) is 2. The average Bonchev–Trinajstić information content (AvgIpc) is 3.17. The molecule has 6 aliphatic rings. The van der Waals surface area contributed by atoms with Crippen LogP contribution in [0.3, 0.4) is 0 Å². The molecule has 1 aromatic rings. The van der Waals surface area contributed by atoms with Gasteiger partial charge in [-0.2, -0.15) is 0 Å². The summed E-state index contributed by atoms with van der Waals surface area (Å²) in [6.45, 7) is 5.67. The van der Waals surface area contributed by atoms with Gasteiger partial charge in [-0.3, -0.25) is 4.79 Å². The lowest BCUT2D eigenvalue weighted by Gasteiger charge is -2.70. The highest BCUT2D eigenvalue weighted by atomic mass is 16.6. The highest BCUT2D eigenvalue weighted by molar-refractivity contribution is 5.82. The summed E-state index contributed by atoms with van der Waals surface area (Å²) in [4.78, 5) is 15.5. The van der Waals surface area contributed by atoms with Crippen LogP contribution >= 0.6 is 0 Å². The standard InChI is InChI=1S/C27H35NO4/c1-5-6-7-14-31-20-9-8-18-15-21-25-10-11-27(30-4,19(16-25)17(2)29)24-26(25,12-13-28(21)3)22(18)23(20)32-24/h8-11,19,21,24H,5-7,12-16H2,1-4H3/t19-,21-,24-,25-,26+,27-/m1/s1. The minimum Gasteiger partial charge on any atom is -0.490 e. The Balaban J connectivity index is 1.55. The molecule has 0 amide bonds. The van der Waals surface area contributed by atoms with E-state index in [-0.39, 0.29) is 28.6 Å². The molecule has 0 aromatic heterocycles. The SMILES string of the molecule is CCCCCOc1ccc2c3c1O[C@H]1[C@@]4(OC)C=C[C@@]5(C[C@@H]4C(C)=O)[C@@H](C2)N(C)CC[C@]315. The maximum Gasteiger partial charge on any atom is 0.166 e. The third-order valence-electron chi connectivity index (χ3n) is 9.55. The molecule has 0 radical (unpaired) electrons. The fourth-order valence-corrected chi connectivity index (χ4v) is 8.15. The van der Waals surface area contributed by atoms with E-state index in [9.17, 15) is 4.79 Å². The topological polar surface area (TPSA) is 48.0 Å². The molecule has 0 N–H and O–H groups in total. The molecular formula is C27H35NO4.